The number of carbonyl (C=O) groups is 2. The zero-order valence-corrected chi connectivity index (χ0v) is 19.2. The van der Waals surface area contributed by atoms with Crippen LogP contribution in [0.1, 0.15) is 54.2 Å². The highest BCUT2D eigenvalue weighted by Crippen LogP contribution is 2.41. The van der Waals surface area contributed by atoms with Gasteiger partial charge in [0.05, 0.1) is 12.3 Å². The first-order valence-electron chi connectivity index (χ1n) is 11.0. The lowest BCUT2D eigenvalue weighted by molar-refractivity contribution is -0.769. The van der Waals surface area contributed by atoms with Crippen molar-refractivity contribution in [1.82, 2.24) is 10.3 Å². The number of aromatic nitrogens is 1. The fourth-order valence-corrected chi connectivity index (χ4v) is 4.46. The smallest absolute Gasteiger partial charge is 0.330 e. The molecule has 0 spiro atoms. The van der Waals surface area contributed by atoms with Crippen LogP contribution in [0.25, 0.3) is 0 Å². The fraction of sp³-hybridized carbons (Fsp3) is 0.435. The van der Waals surface area contributed by atoms with Crippen molar-refractivity contribution in [3.63, 3.8) is 0 Å². The lowest BCUT2D eigenvalue weighted by atomic mass is 9.87. The van der Waals surface area contributed by atoms with E-state index in [2.05, 4.69) is 15.1 Å². The molecule has 1 amide bonds. The lowest BCUT2D eigenvalue weighted by Gasteiger charge is -2.26. The van der Waals surface area contributed by atoms with Crippen molar-refractivity contribution < 1.29 is 29.0 Å². The molecule has 1 aliphatic carbocycles. The number of hydrogen-bond acceptors (Lipinski definition) is 8. The van der Waals surface area contributed by atoms with Gasteiger partial charge in [0.1, 0.15) is 18.8 Å². The maximum absolute atomic E-state index is 12.5. The van der Waals surface area contributed by atoms with Gasteiger partial charge in [-0.3, -0.25) is 9.78 Å². The molecule has 2 aliphatic rings. The Morgan fingerprint density at radius 2 is 1.94 bits per heavy atom. The number of esters is 1. The van der Waals surface area contributed by atoms with Gasteiger partial charge in [-0.05, 0) is 50.3 Å². The molecule has 11 heteroatoms. The van der Waals surface area contributed by atoms with Crippen LogP contribution >= 0.6 is 11.6 Å². The molecule has 4 rings (SSSR count). The van der Waals surface area contributed by atoms with Gasteiger partial charge in [-0.1, -0.05) is 23.7 Å². The zero-order chi connectivity index (χ0) is 24.2. The minimum atomic E-state index is -0.805. The summed E-state index contributed by atoms with van der Waals surface area (Å²) in [7, 11) is 0. The van der Waals surface area contributed by atoms with Crippen LogP contribution in [0.3, 0.4) is 0 Å². The zero-order valence-electron chi connectivity index (χ0n) is 18.5. The first-order valence-corrected chi connectivity index (χ1v) is 11.3. The Balaban J connectivity index is 1.34. The van der Waals surface area contributed by atoms with Crippen molar-refractivity contribution in [2.24, 2.45) is 5.92 Å². The Bertz CT molecular complexity index is 1080. The van der Waals surface area contributed by atoms with Gasteiger partial charge in [0, 0.05) is 28.3 Å². The van der Waals surface area contributed by atoms with E-state index in [1.807, 2.05) is 12.1 Å². The average Bonchev–Trinajstić information content (AvgIpc) is 3.24. The SMILES string of the molecule is Cc1ncc2c(c1OC(=O)CNC(=O)C1CCC(O[N+](=O)[O-])CC1)CO[C@H]2c1ccc(Cl)cc1. The van der Waals surface area contributed by atoms with E-state index in [-0.39, 0.29) is 31.1 Å². The van der Waals surface area contributed by atoms with Crippen LogP contribution < -0.4 is 10.1 Å². The highest BCUT2D eigenvalue weighted by molar-refractivity contribution is 6.30. The van der Waals surface area contributed by atoms with E-state index in [1.54, 1.807) is 25.3 Å². The number of ether oxygens (including phenoxy) is 2. The van der Waals surface area contributed by atoms with Gasteiger partial charge in [0.15, 0.2) is 5.75 Å². The third-order valence-corrected chi connectivity index (χ3v) is 6.35. The second-order valence-electron chi connectivity index (χ2n) is 8.34. The van der Waals surface area contributed by atoms with Gasteiger partial charge in [-0.2, -0.15) is 0 Å². The number of hydrogen-bond donors (Lipinski definition) is 1. The quantitative estimate of drug-likeness (QED) is 0.355. The molecule has 10 nitrogen and oxygen atoms in total. The number of nitrogens with one attached hydrogen (secondary N) is 1. The molecule has 0 radical (unpaired) electrons. The van der Waals surface area contributed by atoms with Gasteiger partial charge in [0.25, 0.3) is 5.09 Å². The second-order valence-corrected chi connectivity index (χ2v) is 8.78. The van der Waals surface area contributed by atoms with Gasteiger partial charge in [-0.25, -0.2) is 4.79 Å². The van der Waals surface area contributed by atoms with Gasteiger partial charge >= 0.3 is 5.97 Å². The molecule has 1 fully saturated rings. The Morgan fingerprint density at radius 3 is 2.62 bits per heavy atom. The highest BCUT2D eigenvalue weighted by atomic mass is 35.5. The number of fused-ring (bicyclic) bond motifs is 1. The fourth-order valence-electron chi connectivity index (χ4n) is 4.34. The van der Waals surface area contributed by atoms with E-state index in [9.17, 15) is 19.7 Å². The normalized spacial score (nSPS) is 21.4. The van der Waals surface area contributed by atoms with E-state index >= 15 is 0 Å². The average molecular weight is 490 g/mol. The standard InChI is InChI=1S/C23H24ClN3O7/c1-13-21(19-12-32-22(18(19)10-25-13)14-2-6-16(24)7-3-14)33-20(28)11-26-23(29)15-4-8-17(9-5-15)34-27(30)31/h2-3,6-7,10,15,17,22H,4-5,8-9,11-12H2,1H3,(H,26,29)/t15?,17?,22-/m0/s1. The summed E-state index contributed by atoms with van der Waals surface area (Å²) in [5.41, 5.74) is 3.02. The molecule has 34 heavy (non-hydrogen) atoms. The van der Waals surface area contributed by atoms with Gasteiger partial charge < -0.3 is 19.6 Å². The van der Waals surface area contributed by atoms with Crippen LogP contribution in [0.5, 0.6) is 5.75 Å². The second kappa shape index (κ2) is 10.4. The number of aryl methyl sites for hydroxylation is 1. The number of pyridine rings is 1. The van der Waals surface area contributed by atoms with E-state index in [4.69, 9.17) is 21.1 Å². The Labute approximate surface area is 200 Å². The molecular formula is C23H24ClN3O7. The summed E-state index contributed by atoms with van der Waals surface area (Å²) in [6.07, 6.45) is 2.63. The van der Waals surface area contributed by atoms with Crippen LogP contribution in [0.4, 0.5) is 0 Å². The van der Waals surface area contributed by atoms with Crippen molar-refractivity contribution in [1.29, 1.82) is 0 Å². The van der Waals surface area contributed by atoms with Crippen LogP contribution in [0, 0.1) is 23.0 Å². The Hall–Kier alpha value is -3.24. The molecule has 2 heterocycles. The summed E-state index contributed by atoms with van der Waals surface area (Å²) in [4.78, 5) is 44.3. The summed E-state index contributed by atoms with van der Waals surface area (Å²) in [5.74, 6) is -0.884. The van der Waals surface area contributed by atoms with E-state index in [0.29, 0.717) is 42.1 Å². The lowest BCUT2D eigenvalue weighted by Crippen LogP contribution is -2.38. The minimum absolute atomic E-state index is 0.260. The van der Waals surface area contributed by atoms with E-state index in [0.717, 1.165) is 16.7 Å². The number of halogens is 1. The minimum Gasteiger partial charge on any atom is -0.423 e. The predicted octanol–water partition coefficient (Wildman–Crippen LogP) is 3.45. The predicted molar refractivity (Wildman–Crippen MR) is 120 cm³/mol. The molecule has 180 valence electrons. The van der Waals surface area contributed by atoms with Crippen molar-refractivity contribution in [3.8, 4) is 5.75 Å². The molecule has 0 unspecified atom stereocenters. The van der Waals surface area contributed by atoms with E-state index in [1.165, 1.54) is 0 Å². The monoisotopic (exact) mass is 489 g/mol. The topological polar surface area (TPSA) is 130 Å². The molecule has 1 aromatic carbocycles. The van der Waals surface area contributed by atoms with Crippen molar-refractivity contribution >= 4 is 23.5 Å². The van der Waals surface area contributed by atoms with Crippen LogP contribution in [-0.4, -0.2) is 34.6 Å². The number of benzene rings is 1. The summed E-state index contributed by atoms with van der Waals surface area (Å²) in [6.45, 7) is 1.70. The maximum Gasteiger partial charge on any atom is 0.330 e. The van der Waals surface area contributed by atoms with Crippen LogP contribution in [0.2, 0.25) is 5.02 Å². The van der Waals surface area contributed by atoms with E-state index < -0.39 is 17.2 Å². The molecule has 1 aromatic heterocycles. The number of carbonyl (C=O) groups excluding carboxylic acids is 2. The highest BCUT2D eigenvalue weighted by Gasteiger charge is 2.31. The molecular weight excluding hydrogens is 466 g/mol. The molecule has 1 N–H and O–H groups in total. The molecule has 0 bridgehead atoms. The molecule has 1 saturated carbocycles. The number of nitrogens with zero attached hydrogens (tertiary/aromatic N) is 2. The van der Waals surface area contributed by atoms with Crippen molar-refractivity contribution in [3.05, 3.63) is 68.0 Å². The summed E-state index contributed by atoms with van der Waals surface area (Å²) >= 11 is 5.98. The van der Waals surface area contributed by atoms with Gasteiger partial charge in [-0.15, -0.1) is 10.1 Å². The molecule has 1 atom stereocenters. The molecule has 0 saturated heterocycles. The number of rotatable bonds is 7. The van der Waals surface area contributed by atoms with Crippen molar-refractivity contribution in [2.45, 2.75) is 51.4 Å². The Morgan fingerprint density at radius 1 is 1.24 bits per heavy atom. The third kappa shape index (κ3) is 5.45. The largest absolute Gasteiger partial charge is 0.423 e. The van der Waals surface area contributed by atoms with Crippen LogP contribution in [-0.2, 0) is 25.8 Å². The number of amides is 1. The first-order chi connectivity index (χ1) is 16.3. The summed E-state index contributed by atoms with van der Waals surface area (Å²) in [5, 5.41) is 12.9. The summed E-state index contributed by atoms with van der Waals surface area (Å²) < 4.78 is 11.5. The van der Waals surface area contributed by atoms with Gasteiger partial charge in [0.2, 0.25) is 5.91 Å². The third-order valence-electron chi connectivity index (χ3n) is 6.10. The summed E-state index contributed by atoms with van der Waals surface area (Å²) in [6, 6.07) is 7.32. The van der Waals surface area contributed by atoms with Crippen molar-refractivity contribution in [2.75, 3.05) is 6.54 Å². The molecule has 2 aromatic rings. The van der Waals surface area contributed by atoms with Crippen LogP contribution in [0.15, 0.2) is 30.5 Å². The maximum atomic E-state index is 12.5. The Kier molecular flexibility index (Phi) is 7.28. The molecule has 1 aliphatic heterocycles. The first kappa shape index (κ1) is 23.9.